The fourth-order valence-electron chi connectivity index (χ4n) is 4.99. The number of nitrogens with one attached hydrogen (secondary N) is 1. The van der Waals surface area contributed by atoms with Gasteiger partial charge in [0.15, 0.2) is 0 Å². The normalized spacial score (nSPS) is 37.7. The first-order valence-corrected chi connectivity index (χ1v) is 11.0. The molecular formula is C22H36N2O8. The molecule has 2 amide bonds. The van der Waals surface area contributed by atoms with Gasteiger partial charge in [-0.2, -0.15) is 0 Å². The summed E-state index contributed by atoms with van der Waals surface area (Å²) in [6.07, 6.45) is 1.83. The van der Waals surface area contributed by atoms with Gasteiger partial charge in [0.05, 0.1) is 30.8 Å². The highest BCUT2D eigenvalue weighted by Crippen LogP contribution is 2.59. The Balaban J connectivity index is 1.72. The fourth-order valence-corrected chi connectivity index (χ4v) is 4.99. The highest BCUT2D eigenvalue weighted by atomic mass is 16.6. The summed E-state index contributed by atoms with van der Waals surface area (Å²) in [5.41, 5.74) is 3.75. The van der Waals surface area contributed by atoms with E-state index in [9.17, 15) is 19.8 Å². The molecule has 1 saturated carbocycles. The van der Waals surface area contributed by atoms with Crippen LogP contribution in [-0.2, 0) is 23.7 Å². The van der Waals surface area contributed by atoms with E-state index in [0.29, 0.717) is 25.9 Å². The molecule has 10 nitrogen and oxygen atoms in total. The number of alkyl carbamates (subject to hydrolysis) is 1. The topological polar surface area (TPSA) is 156 Å². The predicted octanol–water partition coefficient (Wildman–Crippen LogP) is 0.386. The Morgan fingerprint density at radius 3 is 2.56 bits per heavy atom. The van der Waals surface area contributed by atoms with Crippen molar-refractivity contribution < 1.29 is 38.7 Å². The highest BCUT2D eigenvalue weighted by molar-refractivity contribution is 5.85. The molecule has 0 bridgehead atoms. The first kappa shape index (κ1) is 24.9. The van der Waals surface area contributed by atoms with Gasteiger partial charge < -0.3 is 40.2 Å². The van der Waals surface area contributed by atoms with E-state index in [1.807, 2.05) is 19.9 Å². The number of amides is 2. The Morgan fingerprint density at radius 2 is 2.06 bits per heavy atom. The van der Waals surface area contributed by atoms with E-state index in [4.69, 9.17) is 24.7 Å². The number of nitrogens with two attached hydrogens (primary N) is 1. The number of hydrogen-bond donors (Lipinski definition) is 4. The van der Waals surface area contributed by atoms with Gasteiger partial charge in [-0.25, -0.2) is 4.79 Å². The average Bonchev–Trinajstić information content (AvgIpc) is 3.62. The van der Waals surface area contributed by atoms with Gasteiger partial charge in [-0.15, -0.1) is 0 Å². The lowest BCUT2D eigenvalue weighted by Crippen LogP contribution is -2.59. The lowest BCUT2D eigenvalue weighted by atomic mass is 9.68. The van der Waals surface area contributed by atoms with Gasteiger partial charge in [0, 0.05) is 7.11 Å². The van der Waals surface area contributed by atoms with Crippen LogP contribution in [0.5, 0.6) is 0 Å². The van der Waals surface area contributed by atoms with E-state index in [1.165, 1.54) is 13.8 Å². The van der Waals surface area contributed by atoms with Crippen molar-refractivity contribution in [1.82, 2.24) is 5.32 Å². The molecule has 2 aliphatic heterocycles. The van der Waals surface area contributed by atoms with E-state index in [0.717, 1.165) is 5.57 Å². The minimum Gasteiger partial charge on any atom is -0.443 e. The lowest BCUT2D eigenvalue weighted by Gasteiger charge is -2.42. The maximum absolute atomic E-state index is 12.6. The maximum atomic E-state index is 12.6. The molecule has 5 N–H and O–H groups in total. The van der Waals surface area contributed by atoms with Crippen molar-refractivity contribution in [3.05, 3.63) is 11.6 Å². The zero-order chi connectivity index (χ0) is 23.9. The molecule has 0 aromatic heterocycles. The molecule has 0 aromatic rings. The molecule has 182 valence electrons. The van der Waals surface area contributed by atoms with E-state index in [2.05, 4.69) is 5.32 Å². The number of aliphatic hydroxyl groups is 2. The molecule has 0 aromatic carbocycles. The van der Waals surface area contributed by atoms with Gasteiger partial charge in [0.1, 0.15) is 29.5 Å². The number of epoxide rings is 2. The van der Waals surface area contributed by atoms with Gasteiger partial charge in [0.25, 0.3) is 0 Å². The Kier molecular flexibility index (Phi) is 6.93. The van der Waals surface area contributed by atoms with Crippen molar-refractivity contribution >= 4 is 12.0 Å². The summed E-state index contributed by atoms with van der Waals surface area (Å²) in [6.45, 7) is 7.23. The predicted molar refractivity (Wildman–Crippen MR) is 114 cm³/mol. The summed E-state index contributed by atoms with van der Waals surface area (Å²) in [5, 5.41) is 21.7. The lowest BCUT2D eigenvalue weighted by molar-refractivity contribution is -0.127. The monoisotopic (exact) mass is 456 g/mol. The van der Waals surface area contributed by atoms with Gasteiger partial charge in [-0.3, -0.25) is 4.79 Å². The minimum absolute atomic E-state index is 0.00256. The molecule has 0 radical (unpaired) electrons. The van der Waals surface area contributed by atoms with Crippen LogP contribution in [0.25, 0.3) is 0 Å². The Labute approximate surface area is 188 Å². The Hall–Kier alpha value is -1.72. The second-order valence-corrected chi connectivity index (χ2v) is 9.88. The molecular weight excluding hydrogens is 420 g/mol. The summed E-state index contributed by atoms with van der Waals surface area (Å²) in [6, 6.07) is -1.30. The summed E-state index contributed by atoms with van der Waals surface area (Å²) in [5.74, 6) is -1.03. The van der Waals surface area contributed by atoms with E-state index in [1.54, 1.807) is 7.11 Å². The SMILES string of the molecule is CO[C@H]1C([C@@]2(C)O[C@@H]2CC=C(C)CO)[C@]2(CC[C@H]1OC(=O)N[C@@H](C(N)=O)C(C)(C)O)CO2. The van der Waals surface area contributed by atoms with Crippen LogP contribution in [0.15, 0.2) is 11.6 Å². The summed E-state index contributed by atoms with van der Waals surface area (Å²) < 4.78 is 23.4. The van der Waals surface area contributed by atoms with Crippen LogP contribution in [0.2, 0.25) is 0 Å². The van der Waals surface area contributed by atoms with Crippen molar-refractivity contribution in [3.8, 4) is 0 Å². The Bertz CT molecular complexity index is 760. The van der Waals surface area contributed by atoms with Crippen LogP contribution in [0.3, 0.4) is 0 Å². The fraction of sp³-hybridized carbons (Fsp3) is 0.818. The third-order valence-electron chi connectivity index (χ3n) is 6.94. The molecule has 3 rings (SSSR count). The summed E-state index contributed by atoms with van der Waals surface area (Å²) >= 11 is 0. The molecule has 1 unspecified atom stereocenters. The largest absolute Gasteiger partial charge is 0.443 e. The second kappa shape index (κ2) is 8.90. The van der Waals surface area contributed by atoms with Gasteiger partial charge in [-0.1, -0.05) is 11.6 Å². The standard InChI is InChI=1S/C22H36N2O8/c1-12(10-25)6-7-14-21(4,32-14)16-15(29-5)13(8-9-22(16)11-30-22)31-19(27)24-17(18(23)26)20(2,3)28/h6,13-17,25,28H,7-11H2,1-5H3,(H2,23,26)(H,24,27)/t13-,14-,15-,16?,17+,21+,22+/m1/s1. The zero-order valence-corrected chi connectivity index (χ0v) is 19.4. The summed E-state index contributed by atoms with van der Waals surface area (Å²) in [7, 11) is 1.56. The van der Waals surface area contributed by atoms with Gasteiger partial charge in [-0.05, 0) is 47.0 Å². The summed E-state index contributed by atoms with van der Waals surface area (Å²) in [4.78, 5) is 24.2. The molecule has 2 heterocycles. The van der Waals surface area contributed by atoms with Gasteiger partial charge in [0.2, 0.25) is 5.91 Å². The number of primary amides is 1. The highest BCUT2D eigenvalue weighted by Gasteiger charge is 2.72. The number of rotatable bonds is 9. The average molecular weight is 457 g/mol. The van der Waals surface area contributed by atoms with Crippen molar-refractivity contribution in [3.63, 3.8) is 0 Å². The number of methoxy groups -OCH3 is 1. The number of ether oxygens (including phenoxy) is 4. The molecule has 2 saturated heterocycles. The molecule has 3 fully saturated rings. The van der Waals surface area contributed by atoms with Crippen LogP contribution in [-0.4, -0.2) is 83.7 Å². The minimum atomic E-state index is -1.55. The van der Waals surface area contributed by atoms with Crippen molar-refractivity contribution in [2.45, 2.75) is 88.1 Å². The quantitative estimate of drug-likeness (QED) is 0.287. The molecule has 32 heavy (non-hydrogen) atoms. The maximum Gasteiger partial charge on any atom is 0.408 e. The Morgan fingerprint density at radius 1 is 1.41 bits per heavy atom. The third-order valence-corrected chi connectivity index (χ3v) is 6.94. The molecule has 3 aliphatic rings. The number of carbonyl (C=O) groups excluding carboxylic acids is 2. The number of carbonyl (C=O) groups is 2. The smallest absolute Gasteiger partial charge is 0.408 e. The van der Waals surface area contributed by atoms with Crippen LogP contribution >= 0.6 is 0 Å². The number of hydrogen-bond acceptors (Lipinski definition) is 8. The van der Waals surface area contributed by atoms with Crippen molar-refractivity contribution in [2.75, 3.05) is 20.3 Å². The second-order valence-electron chi connectivity index (χ2n) is 9.88. The van der Waals surface area contributed by atoms with E-state index < -0.39 is 41.5 Å². The number of aliphatic hydroxyl groups excluding tert-OH is 1. The molecule has 1 aliphatic carbocycles. The van der Waals surface area contributed by atoms with Crippen LogP contribution in [0.4, 0.5) is 4.79 Å². The van der Waals surface area contributed by atoms with E-state index >= 15 is 0 Å². The molecule has 1 spiro atoms. The van der Waals surface area contributed by atoms with Gasteiger partial charge >= 0.3 is 6.09 Å². The van der Waals surface area contributed by atoms with Crippen molar-refractivity contribution in [1.29, 1.82) is 0 Å². The zero-order valence-electron chi connectivity index (χ0n) is 19.4. The van der Waals surface area contributed by atoms with Crippen LogP contribution in [0.1, 0.15) is 47.0 Å². The van der Waals surface area contributed by atoms with Crippen LogP contribution < -0.4 is 11.1 Å². The van der Waals surface area contributed by atoms with Crippen molar-refractivity contribution in [2.24, 2.45) is 11.7 Å². The first-order valence-electron chi connectivity index (χ1n) is 11.0. The third kappa shape index (κ3) is 4.94. The molecule has 10 heteroatoms. The first-order chi connectivity index (χ1) is 14.9. The van der Waals surface area contributed by atoms with E-state index in [-0.39, 0.29) is 24.2 Å². The molecule has 7 atom stereocenters. The van der Waals surface area contributed by atoms with Crippen LogP contribution in [0, 0.1) is 5.92 Å².